The summed E-state index contributed by atoms with van der Waals surface area (Å²) in [5, 5.41) is 6.83. The largest absolute Gasteiger partial charge is 0.363 e. The second kappa shape index (κ2) is 10.2. The number of anilines is 1. The molecule has 0 aromatic carbocycles. The highest BCUT2D eigenvalue weighted by Crippen LogP contribution is 2.18. The quantitative estimate of drug-likeness (QED) is 0.585. The van der Waals surface area contributed by atoms with Crippen molar-refractivity contribution in [1.82, 2.24) is 20.5 Å². The van der Waals surface area contributed by atoms with Crippen molar-refractivity contribution in [3.63, 3.8) is 0 Å². The number of nitrogens with zero attached hydrogens (tertiary/aromatic N) is 4. The van der Waals surface area contributed by atoms with Crippen molar-refractivity contribution < 1.29 is 0 Å². The summed E-state index contributed by atoms with van der Waals surface area (Å²) in [6.45, 7) is 6.28. The van der Waals surface area contributed by atoms with Gasteiger partial charge in [0.05, 0.1) is 0 Å². The Kier molecular flexibility index (Phi) is 7.98. The second-order valence-corrected chi connectivity index (χ2v) is 6.86. The average molecular weight is 347 g/mol. The minimum atomic E-state index is 0.740. The molecule has 140 valence electrons. The van der Waals surface area contributed by atoms with Crippen molar-refractivity contribution in [3.8, 4) is 0 Å². The van der Waals surface area contributed by atoms with Gasteiger partial charge in [0.25, 0.3) is 0 Å². The molecule has 1 fully saturated rings. The highest BCUT2D eigenvalue weighted by Gasteiger charge is 2.19. The lowest BCUT2D eigenvalue weighted by atomic mass is 10.0. The zero-order valence-corrected chi connectivity index (χ0v) is 16.3. The Balaban J connectivity index is 1.76. The number of likely N-dealkylation sites (tertiary alicyclic amines) is 1. The minimum absolute atomic E-state index is 0.740. The number of hydrogen-bond acceptors (Lipinski definition) is 4. The number of aromatic nitrogens is 1. The molecule has 1 unspecified atom stereocenters. The number of hydrogen-bond donors (Lipinski definition) is 2. The Labute approximate surface area is 152 Å². The topological polar surface area (TPSA) is 55.8 Å². The minimum Gasteiger partial charge on any atom is -0.363 e. The molecule has 6 nitrogen and oxygen atoms in total. The molecule has 1 aliphatic rings. The summed E-state index contributed by atoms with van der Waals surface area (Å²) in [5.41, 5.74) is 1.20. The summed E-state index contributed by atoms with van der Waals surface area (Å²) in [4.78, 5) is 13.3. The van der Waals surface area contributed by atoms with Gasteiger partial charge in [0, 0.05) is 53.0 Å². The van der Waals surface area contributed by atoms with E-state index in [1.165, 1.54) is 37.8 Å². The van der Waals surface area contributed by atoms with E-state index < -0.39 is 0 Å². The Morgan fingerprint density at radius 1 is 1.36 bits per heavy atom. The van der Waals surface area contributed by atoms with Crippen molar-refractivity contribution in [2.75, 3.05) is 45.7 Å². The summed E-state index contributed by atoms with van der Waals surface area (Å²) in [5.74, 6) is 1.83. The molecule has 1 aromatic rings. The molecule has 2 N–H and O–H groups in total. The van der Waals surface area contributed by atoms with Gasteiger partial charge in [-0.3, -0.25) is 9.89 Å². The third-order valence-electron chi connectivity index (χ3n) is 4.86. The molecule has 0 radical (unpaired) electrons. The Morgan fingerprint density at radius 3 is 2.92 bits per heavy atom. The average Bonchev–Trinajstić information content (AvgIpc) is 2.65. The van der Waals surface area contributed by atoms with E-state index in [9.17, 15) is 0 Å². The number of aliphatic imine (C=N–C) groups is 1. The third kappa shape index (κ3) is 6.20. The molecule has 6 heteroatoms. The lowest BCUT2D eigenvalue weighted by molar-refractivity contribution is 0.147. The third-order valence-corrected chi connectivity index (χ3v) is 4.86. The first kappa shape index (κ1) is 19.5. The normalized spacial score (nSPS) is 18.9. The van der Waals surface area contributed by atoms with E-state index in [1.54, 1.807) is 0 Å². The van der Waals surface area contributed by atoms with Crippen molar-refractivity contribution in [2.45, 2.75) is 45.2 Å². The van der Waals surface area contributed by atoms with Gasteiger partial charge in [0.1, 0.15) is 5.82 Å². The van der Waals surface area contributed by atoms with E-state index in [0.717, 1.165) is 37.5 Å². The zero-order valence-electron chi connectivity index (χ0n) is 16.3. The van der Waals surface area contributed by atoms with Crippen molar-refractivity contribution in [3.05, 3.63) is 23.9 Å². The molecule has 2 rings (SSSR count). The van der Waals surface area contributed by atoms with Crippen LogP contribution < -0.4 is 15.5 Å². The second-order valence-electron chi connectivity index (χ2n) is 6.86. The molecule has 0 spiro atoms. The molecule has 0 aliphatic carbocycles. The molecule has 0 amide bonds. The molecule has 1 saturated heterocycles. The summed E-state index contributed by atoms with van der Waals surface area (Å²) in [7, 11) is 5.83. The Hall–Kier alpha value is -1.82. The van der Waals surface area contributed by atoms with Crippen LogP contribution in [0.15, 0.2) is 23.3 Å². The summed E-state index contributed by atoms with van der Waals surface area (Å²) >= 11 is 0. The van der Waals surface area contributed by atoms with E-state index in [1.807, 2.05) is 38.3 Å². The lowest BCUT2D eigenvalue weighted by Gasteiger charge is -2.35. The van der Waals surface area contributed by atoms with Gasteiger partial charge >= 0.3 is 0 Å². The van der Waals surface area contributed by atoms with E-state index in [-0.39, 0.29) is 0 Å². The van der Waals surface area contributed by atoms with Crippen LogP contribution in [0.1, 0.15) is 38.2 Å². The highest BCUT2D eigenvalue weighted by atomic mass is 15.2. The van der Waals surface area contributed by atoms with Crippen LogP contribution in [0.25, 0.3) is 0 Å². The predicted octanol–water partition coefficient (Wildman–Crippen LogP) is 2.08. The van der Waals surface area contributed by atoms with Crippen LogP contribution in [0.5, 0.6) is 0 Å². The van der Waals surface area contributed by atoms with Gasteiger partial charge in [-0.25, -0.2) is 4.98 Å². The first-order chi connectivity index (χ1) is 12.1. The molecule has 1 atom stereocenters. The maximum Gasteiger partial charge on any atom is 0.191 e. The zero-order chi connectivity index (χ0) is 18.1. The van der Waals surface area contributed by atoms with Gasteiger partial charge in [-0.2, -0.15) is 0 Å². The molecule has 1 aromatic heterocycles. The van der Waals surface area contributed by atoms with E-state index in [2.05, 4.69) is 38.5 Å². The number of pyridine rings is 1. The fraction of sp³-hybridized carbons (Fsp3) is 0.684. The van der Waals surface area contributed by atoms with Gasteiger partial charge in [0.2, 0.25) is 0 Å². The van der Waals surface area contributed by atoms with Gasteiger partial charge in [-0.1, -0.05) is 13.3 Å². The summed E-state index contributed by atoms with van der Waals surface area (Å²) in [6, 6.07) is 4.89. The number of guanidine groups is 1. The first-order valence-electron chi connectivity index (χ1n) is 9.44. The summed E-state index contributed by atoms with van der Waals surface area (Å²) < 4.78 is 0. The number of piperidine rings is 1. The number of rotatable bonds is 7. The van der Waals surface area contributed by atoms with Gasteiger partial charge in [-0.05, 0) is 43.5 Å². The van der Waals surface area contributed by atoms with E-state index in [4.69, 9.17) is 0 Å². The maximum atomic E-state index is 4.35. The van der Waals surface area contributed by atoms with Crippen molar-refractivity contribution >= 4 is 11.8 Å². The Morgan fingerprint density at radius 2 is 2.20 bits per heavy atom. The van der Waals surface area contributed by atoms with Crippen LogP contribution in [0.4, 0.5) is 5.82 Å². The predicted molar refractivity (Wildman–Crippen MR) is 106 cm³/mol. The molecule has 0 bridgehead atoms. The monoisotopic (exact) mass is 346 g/mol. The molecular formula is C19H34N6. The first-order valence-corrected chi connectivity index (χ1v) is 9.44. The highest BCUT2D eigenvalue weighted by molar-refractivity contribution is 5.79. The van der Waals surface area contributed by atoms with Gasteiger partial charge in [-0.15, -0.1) is 0 Å². The van der Waals surface area contributed by atoms with Gasteiger partial charge < -0.3 is 15.5 Å². The molecule has 25 heavy (non-hydrogen) atoms. The summed E-state index contributed by atoms with van der Waals surface area (Å²) in [6.07, 6.45) is 7.17. The van der Waals surface area contributed by atoms with Crippen LogP contribution >= 0.6 is 0 Å². The molecule has 1 aliphatic heterocycles. The Bertz CT molecular complexity index is 542. The molecule has 0 saturated carbocycles. The fourth-order valence-electron chi connectivity index (χ4n) is 3.36. The van der Waals surface area contributed by atoms with E-state index in [0.29, 0.717) is 0 Å². The van der Waals surface area contributed by atoms with Crippen LogP contribution in [0.2, 0.25) is 0 Å². The van der Waals surface area contributed by atoms with Crippen molar-refractivity contribution in [2.24, 2.45) is 4.99 Å². The standard InChI is InChI=1S/C19H34N6/c1-5-17-8-6-7-12-25(17)13-11-22-19(20-2)23-15-16-9-10-21-18(14-16)24(3)4/h9-10,14,17H,5-8,11-13,15H2,1-4H3,(H2,20,22,23). The number of nitrogens with one attached hydrogen (secondary N) is 2. The van der Waals surface area contributed by atoms with Gasteiger partial charge in [0.15, 0.2) is 5.96 Å². The van der Waals surface area contributed by atoms with Crippen LogP contribution in [-0.4, -0.2) is 62.7 Å². The lowest BCUT2D eigenvalue weighted by Crippen LogP contribution is -2.45. The van der Waals surface area contributed by atoms with Crippen LogP contribution in [0, 0.1) is 0 Å². The molecule has 2 heterocycles. The molecular weight excluding hydrogens is 312 g/mol. The van der Waals surface area contributed by atoms with Crippen LogP contribution in [0.3, 0.4) is 0 Å². The van der Waals surface area contributed by atoms with Crippen molar-refractivity contribution in [1.29, 1.82) is 0 Å². The fourth-order valence-corrected chi connectivity index (χ4v) is 3.36. The van der Waals surface area contributed by atoms with E-state index >= 15 is 0 Å². The SMILES string of the molecule is CCC1CCCCN1CCNC(=NC)NCc1ccnc(N(C)C)c1. The van der Waals surface area contributed by atoms with Crippen LogP contribution in [-0.2, 0) is 6.54 Å². The smallest absolute Gasteiger partial charge is 0.191 e. The maximum absolute atomic E-state index is 4.35.